The van der Waals surface area contributed by atoms with Crippen molar-refractivity contribution in [2.45, 2.75) is 26.3 Å². The molecule has 1 amide bonds. The van der Waals surface area contributed by atoms with Gasteiger partial charge in [-0.2, -0.15) is 0 Å². The van der Waals surface area contributed by atoms with Crippen LogP contribution in [0.25, 0.3) is 10.1 Å². The van der Waals surface area contributed by atoms with Gasteiger partial charge < -0.3 is 10.4 Å². The highest BCUT2D eigenvalue weighted by Crippen LogP contribution is 2.26. The molecular weight excluding hydrogens is 293 g/mol. The zero-order chi connectivity index (χ0) is 15.6. The molecule has 1 heterocycles. The first-order valence-electron chi connectivity index (χ1n) is 6.59. The van der Waals surface area contributed by atoms with Gasteiger partial charge in [0.15, 0.2) is 0 Å². The predicted octanol–water partition coefficient (Wildman–Crippen LogP) is 3.27. The van der Waals surface area contributed by atoms with Gasteiger partial charge in [0.2, 0.25) is 0 Å². The molecule has 0 bridgehead atoms. The molecule has 2 aromatic rings. The highest BCUT2D eigenvalue weighted by Gasteiger charge is 2.22. The summed E-state index contributed by atoms with van der Waals surface area (Å²) in [5, 5.41) is 12.4. The summed E-state index contributed by atoms with van der Waals surface area (Å²) in [5.41, 5.74) is 0. The van der Waals surface area contributed by atoms with E-state index in [1.807, 2.05) is 13.8 Å². The van der Waals surface area contributed by atoms with Crippen LogP contribution < -0.4 is 5.32 Å². The molecule has 1 aromatic carbocycles. The summed E-state index contributed by atoms with van der Waals surface area (Å²) >= 11 is 1.15. The maximum absolute atomic E-state index is 13.1. The van der Waals surface area contributed by atoms with E-state index in [1.54, 1.807) is 12.1 Å². The summed E-state index contributed by atoms with van der Waals surface area (Å²) in [5.74, 6) is -1.70. The van der Waals surface area contributed by atoms with Gasteiger partial charge in [-0.25, -0.2) is 9.18 Å². The van der Waals surface area contributed by atoms with E-state index in [0.717, 1.165) is 16.7 Å². The second kappa shape index (κ2) is 6.22. The van der Waals surface area contributed by atoms with Crippen molar-refractivity contribution in [3.8, 4) is 0 Å². The Labute approximate surface area is 125 Å². The van der Waals surface area contributed by atoms with Crippen molar-refractivity contribution in [1.29, 1.82) is 0 Å². The largest absolute Gasteiger partial charge is 0.480 e. The van der Waals surface area contributed by atoms with Crippen molar-refractivity contribution in [2.75, 3.05) is 0 Å². The van der Waals surface area contributed by atoms with Gasteiger partial charge in [-0.05, 0) is 35.9 Å². The molecule has 0 fully saturated rings. The van der Waals surface area contributed by atoms with E-state index < -0.39 is 17.9 Å². The van der Waals surface area contributed by atoms with E-state index in [4.69, 9.17) is 5.11 Å². The lowest BCUT2D eigenvalue weighted by Gasteiger charge is -2.15. The third-order valence-corrected chi connectivity index (χ3v) is 4.11. The number of nitrogens with one attached hydrogen (secondary N) is 1. The molecule has 4 nitrogen and oxygen atoms in total. The van der Waals surface area contributed by atoms with Crippen molar-refractivity contribution in [3.05, 3.63) is 35.0 Å². The van der Waals surface area contributed by atoms with E-state index in [-0.39, 0.29) is 11.7 Å². The third kappa shape index (κ3) is 3.78. The standard InChI is InChI=1S/C15H16FNO3S/c1-8(2)5-11(15(19)20)17-14(18)13-6-9-3-4-10(16)7-12(9)21-13/h3-4,6-8,11H,5H2,1-2H3,(H,17,18)(H,19,20)/t11-/m1/s1. The molecule has 0 aliphatic heterocycles. The van der Waals surface area contributed by atoms with Gasteiger partial charge in [0.1, 0.15) is 11.9 Å². The molecule has 0 aliphatic carbocycles. The van der Waals surface area contributed by atoms with Crippen LogP contribution in [0.3, 0.4) is 0 Å². The van der Waals surface area contributed by atoms with Crippen LogP contribution >= 0.6 is 11.3 Å². The molecule has 0 spiro atoms. The van der Waals surface area contributed by atoms with Crippen LogP contribution in [-0.4, -0.2) is 23.0 Å². The van der Waals surface area contributed by atoms with E-state index in [9.17, 15) is 14.0 Å². The maximum Gasteiger partial charge on any atom is 0.326 e. The molecule has 0 saturated heterocycles. The number of thiophene rings is 1. The topological polar surface area (TPSA) is 66.4 Å². The van der Waals surface area contributed by atoms with Crippen LogP contribution in [0, 0.1) is 11.7 Å². The molecular formula is C15H16FNO3S. The molecule has 0 radical (unpaired) electrons. The lowest BCUT2D eigenvalue weighted by Crippen LogP contribution is -2.41. The van der Waals surface area contributed by atoms with Crippen LogP contribution in [-0.2, 0) is 4.79 Å². The Kier molecular flexibility index (Phi) is 4.57. The third-order valence-electron chi connectivity index (χ3n) is 3.02. The van der Waals surface area contributed by atoms with Gasteiger partial charge in [0, 0.05) is 4.70 Å². The smallest absolute Gasteiger partial charge is 0.326 e. The zero-order valence-electron chi connectivity index (χ0n) is 11.7. The molecule has 2 N–H and O–H groups in total. The van der Waals surface area contributed by atoms with Crippen LogP contribution in [0.2, 0.25) is 0 Å². The fourth-order valence-electron chi connectivity index (χ4n) is 2.04. The Hall–Kier alpha value is -1.95. The van der Waals surface area contributed by atoms with Crippen molar-refractivity contribution in [3.63, 3.8) is 0 Å². The number of rotatable bonds is 5. The monoisotopic (exact) mass is 309 g/mol. The molecule has 112 valence electrons. The fourth-order valence-corrected chi connectivity index (χ4v) is 3.03. The summed E-state index contributed by atoms with van der Waals surface area (Å²) in [6.07, 6.45) is 0.362. The average molecular weight is 309 g/mol. The number of hydrogen-bond acceptors (Lipinski definition) is 3. The quantitative estimate of drug-likeness (QED) is 0.891. The minimum Gasteiger partial charge on any atom is -0.480 e. The zero-order valence-corrected chi connectivity index (χ0v) is 12.5. The first kappa shape index (κ1) is 15.4. The SMILES string of the molecule is CC(C)C[C@@H](NC(=O)c1cc2ccc(F)cc2s1)C(=O)O. The van der Waals surface area contributed by atoms with Gasteiger partial charge >= 0.3 is 5.97 Å². The van der Waals surface area contributed by atoms with Gasteiger partial charge in [0.25, 0.3) is 5.91 Å². The number of benzene rings is 1. The fraction of sp³-hybridized carbons (Fsp3) is 0.333. The number of hydrogen-bond donors (Lipinski definition) is 2. The number of carboxylic acids is 1. The van der Waals surface area contributed by atoms with Crippen LogP contribution in [0.5, 0.6) is 0 Å². The lowest BCUT2D eigenvalue weighted by molar-refractivity contribution is -0.139. The van der Waals surface area contributed by atoms with Gasteiger partial charge in [-0.15, -0.1) is 11.3 Å². The second-order valence-electron chi connectivity index (χ2n) is 5.29. The van der Waals surface area contributed by atoms with E-state index in [1.165, 1.54) is 12.1 Å². The predicted molar refractivity (Wildman–Crippen MR) is 80.1 cm³/mol. The van der Waals surface area contributed by atoms with Gasteiger partial charge in [0.05, 0.1) is 4.88 Å². The molecule has 0 aliphatic rings. The molecule has 1 atom stereocenters. The summed E-state index contributed by atoms with van der Waals surface area (Å²) in [7, 11) is 0. The maximum atomic E-state index is 13.1. The van der Waals surface area contributed by atoms with Crippen molar-refractivity contribution < 1.29 is 19.1 Å². The molecule has 21 heavy (non-hydrogen) atoms. The van der Waals surface area contributed by atoms with Gasteiger partial charge in [-0.1, -0.05) is 19.9 Å². The minimum absolute atomic E-state index is 0.155. The molecule has 2 rings (SSSR count). The Bertz CT molecular complexity index is 681. The first-order chi connectivity index (χ1) is 9.86. The number of amides is 1. The summed E-state index contributed by atoms with van der Waals surface area (Å²) < 4.78 is 13.8. The second-order valence-corrected chi connectivity index (χ2v) is 6.37. The van der Waals surface area contributed by atoms with Crippen LogP contribution in [0.15, 0.2) is 24.3 Å². The van der Waals surface area contributed by atoms with Crippen molar-refractivity contribution >= 4 is 33.3 Å². The van der Waals surface area contributed by atoms with Crippen molar-refractivity contribution in [2.24, 2.45) is 5.92 Å². The Balaban J connectivity index is 2.19. The number of carbonyl (C=O) groups is 2. The molecule has 0 unspecified atom stereocenters. The van der Waals surface area contributed by atoms with Crippen LogP contribution in [0.4, 0.5) is 4.39 Å². The Morgan fingerprint density at radius 2 is 2.05 bits per heavy atom. The number of carboxylic acid groups (broad SMARTS) is 1. The highest BCUT2D eigenvalue weighted by molar-refractivity contribution is 7.20. The van der Waals surface area contributed by atoms with Crippen LogP contribution in [0.1, 0.15) is 29.9 Å². The Morgan fingerprint density at radius 3 is 2.67 bits per heavy atom. The van der Waals surface area contributed by atoms with Gasteiger partial charge in [-0.3, -0.25) is 4.79 Å². The molecule has 0 saturated carbocycles. The number of halogens is 1. The number of fused-ring (bicyclic) bond motifs is 1. The van der Waals surface area contributed by atoms with E-state index in [0.29, 0.717) is 16.0 Å². The first-order valence-corrected chi connectivity index (χ1v) is 7.41. The summed E-state index contributed by atoms with van der Waals surface area (Å²) in [6.45, 7) is 3.79. The highest BCUT2D eigenvalue weighted by atomic mass is 32.1. The molecule has 1 aromatic heterocycles. The van der Waals surface area contributed by atoms with E-state index >= 15 is 0 Å². The normalized spacial score (nSPS) is 12.6. The lowest BCUT2D eigenvalue weighted by atomic mass is 10.0. The van der Waals surface area contributed by atoms with Crippen molar-refractivity contribution in [1.82, 2.24) is 5.32 Å². The average Bonchev–Trinajstić information content (AvgIpc) is 2.80. The summed E-state index contributed by atoms with van der Waals surface area (Å²) in [4.78, 5) is 23.7. The summed E-state index contributed by atoms with van der Waals surface area (Å²) in [6, 6.07) is 5.01. The number of carbonyl (C=O) groups excluding carboxylic acids is 1. The minimum atomic E-state index is -1.05. The Morgan fingerprint density at radius 1 is 1.33 bits per heavy atom. The number of aliphatic carboxylic acids is 1. The van der Waals surface area contributed by atoms with E-state index in [2.05, 4.69) is 5.32 Å². The molecule has 6 heteroatoms.